The van der Waals surface area contributed by atoms with Crippen LogP contribution in [0, 0.1) is 0 Å². The van der Waals surface area contributed by atoms with Crippen molar-refractivity contribution in [1.29, 1.82) is 0 Å². The normalized spacial score (nSPS) is 13.5. The van der Waals surface area contributed by atoms with E-state index in [-0.39, 0.29) is 11.8 Å². The van der Waals surface area contributed by atoms with Crippen LogP contribution in [0.15, 0.2) is 193 Å². The van der Waals surface area contributed by atoms with Gasteiger partial charge in [-0.2, -0.15) is 0 Å². The second-order valence-corrected chi connectivity index (χ2v) is 16.6. The molecule has 3 N–H and O–H groups in total. The van der Waals surface area contributed by atoms with E-state index in [0.29, 0.717) is 33.6 Å². The Kier molecular flexibility index (Phi) is 10.9. The summed E-state index contributed by atoms with van der Waals surface area (Å²) in [7, 11) is 0. The van der Waals surface area contributed by atoms with Gasteiger partial charge in [0.05, 0.1) is 43.0 Å². The zero-order valence-corrected chi connectivity index (χ0v) is 35.2. The first-order valence-corrected chi connectivity index (χ1v) is 21.9. The van der Waals surface area contributed by atoms with Gasteiger partial charge in [0.1, 0.15) is 21.7 Å². The van der Waals surface area contributed by atoms with Crippen molar-refractivity contribution in [3.05, 3.63) is 215 Å². The predicted molar refractivity (Wildman–Crippen MR) is 261 cm³/mol. The SMILES string of the molecule is O=C(/C=C/c1ccccc1)NC1=NC(=Cc2[nH]c(NC(=O)/C=C/c3ccccc3)c(-c3nc4ccccc4s3)c2-c2ccccc2)C(c2ccccc2)=C1c1nc2ccccc2s1. The van der Waals surface area contributed by atoms with E-state index in [0.717, 1.165) is 64.4 Å². The number of aromatic nitrogens is 3. The summed E-state index contributed by atoms with van der Waals surface area (Å²) in [5, 5.41) is 7.74. The summed E-state index contributed by atoms with van der Waals surface area (Å²) in [6.07, 6.45) is 8.60. The molecular formula is C53H36N6O2S2. The molecule has 4 heterocycles. The van der Waals surface area contributed by atoms with Gasteiger partial charge in [0.2, 0.25) is 11.8 Å². The molecular weight excluding hydrogens is 817 g/mol. The van der Waals surface area contributed by atoms with Crippen LogP contribution >= 0.6 is 22.7 Å². The Labute approximate surface area is 371 Å². The van der Waals surface area contributed by atoms with Crippen LogP contribution in [0.25, 0.3) is 71.5 Å². The molecule has 9 aromatic rings. The highest BCUT2D eigenvalue weighted by atomic mass is 32.1. The maximum absolute atomic E-state index is 13.8. The topological polar surface area (TPSA) is 112 Å². The Hall–Kier alpha value is -8.05. The van der Waals surface area contributed by atoms with E-state index in [2.05, 4.69) is 15.6 Å². The van der Waals surface area contributed by atoms with Crippen molar-refractivity contribution < 1.29 is 9.59 Å². The number of hydrogen-bond donors (Lipinski definition) is 3. The van der Waals surface area contributed by atoms with Crippen LogP contribution in [0.5, 0.6) is 0 Å². The van der Waals surface area contributed by atoms with Crippen LogP contribution in [0.2, 0.25) is 0 Å². The average molecular weight is 853 g/mol. The number of allylic oxidation sites excluding steroid dienone is 1. The lowest BCUT2D eigenvalue weighted by atomic mass is 9.96. The molecule has 1 aliphatic rings. The number of amidine groups is 1. The van der Waals surface area contributed by atoms with E-state index in [1.54, 1.807) is 34.8 Å². The lowest BCUT2D eigenvalue weighted by molar-refractivity contribution is -0.115. The molecule has 2 amide bonds. The van der Waals surface area contributed by atoms with E-state index in [9.17, 15) is 9.59 Å². The number of thiazole rings is 2. The highest BCUT2D eigenvalue weighted by Gasteiger charge is 2.31. The molecule has 10 rings (SSSR count). The number of anilines is 1. The van der Waals surface area contributed by atoms with Crippen molar-refractivity contribution >= 4 is 95.9 Å². The van der Waals surface area contributed by atoms with Gasteiger partial charge in [0.15, 0.2) is 0 Å². The first-order chi connectivity index (χ1) is 31.0. The van der Waals surface area contributed by atoms with E-state index in [1.165, 1.54) is 12.2 Å². The molecule has 1 aliphatic heterocycles. The minimum atomic E-state index is -0.332. The molecule has 0 atom stereocenters. The van der Waals surface area contributed by atoms with Crippen LogP contribution in [-0.2, 0) is 9.59 Å². The summed E-state index contributed by atoms with van der Waals surface area (Å²) in [4.78, 5) is 46.7. The molecule has 0 radical (unpaired) electrons. The Balaban J connectivity index is 1.18. The molecule has 10 heteroatoms. The predicted octanol–water partition coefficient (Wildman–Crippen LogP) is 12.4. The van der Waals surface area contributed by atoms with Crippen molar-refractivity contribution in [2.75, 3.05) is 5.32 Å². The van der Waals surface area contributed by atoms with Crippen molar-refractivity contribution in [3.8, 4) is 21.7 Å². The second-order valence-electron chi connectivity index (χ2n) is 14.6. The molecule has 0 unspecified atom stereocenters. The molecule has 6 aromatic carbocycles. The number of fused-ring (bicyclic) bond motifs is 2. The summed E-state index contributed by atoms with van der Waals surface area (Å²) in [5.74, 6) is 0.222. The highest BCUT2D eigenvalue weighted by molar-refractivity contribution is 7.21. The molecule has 0 saturated carbocycles. The first-order valence-electron chi connectivity index (χ1n) is 20.3. The average Bonchev–Trinajstić information content (AvgIpc) is 4.11. The standard InChI is InChI=1S/C53H36N6O2S2/c60-44(31-29-34-17-5-1-6-18-34)58-50-48(52-56-38-25-13-15-27-42(38)62-52)46(36-21-9-3-10-22-36)40(54-50)33-41-47(37-23-11-4-12-24-37)49(53-57-39-26-14-16-28-43(39)63-53)51(55-41)59-45(61)32-30-35-19-7-2-8-20-35/h1-33,54H,(H,58,60)(H,55,59,61)/b31-29+,32-30+,41-33?. The Bertz CT molecular complexity index is 3240. The van der Waals surface area contributed by atoms with Crippen LogP contribution in [0.4, 0.5) is 5.82 Å². The number of para-hydroxylation sites is 2. The lowest BCUT2D eigenvalue weighted by Gasteiger charge is -2.09. The minimum Gasteiger partial charge on any atom is -0.341 e. The maximum atomic E-state index is 13.8. The van der Waals surface area contributed by atoms with E-state index < -0.39 is 0 Å². The van der Waals surface area contributed by atoms with Crippen LogP contribution < -0.4 is 10.6 Å². The van der Waals surface area contributed by atoms with Gasteiger partial charge in [-0.15, -0.1) is 22.7 Å². The van der Waals surface area contributed by atoms with Gasteiger partial charge in [-0.05, 0) is 64.7 Å². The van der Waals surface area contributed by atoms with Crippen LogP contribution in [0.3, 0.4) is 0 Å². The largest absolute Gasteiger partial charge is 0.341 e. The molecule has 0 aliphatic carbocycles. The number of amides is 2. The number of benzene rings is 6. The number of carbonyl (C=O) groups excluding carboxylic acids is 2. The third kappa shape index (κ3) is 8.36. The lowest BCUT2D eigenvalue weighted by Crippen LogP contribution is -2.28. The first kappa shape index (κ1) is 39.1. The van der Waals surface area contributed by atoms with E-state index in [1.807, 2.05) is 176 Å². The number of aliphatic imine (C=N–C) groups is 1. The summed E-state index contributed by atoms with van der Waals surface area (Å²) in [6, 6.07) is 55.5. The van der Waals surface area contributed by atoms with Gasteiger partial charge >= 0.3 is 0 Å². The second kappa shape index (κ2) is 17.5. The zero-order valence-electron chi connectivity index (χ0n) is 33.5. The third-order valence-corrected chi connectivity index (χ3v) is 12.5. The summed E-state index contributed by atoms with van der Waals surface area (Å²) >= 11 is 3.10. The quantitative estimate of drug-likeness (QED) is 0.119. The molecule has 0 bridgehead atoms. The number of nitrogens with zero attached hydrogens (tertiary/aromatic N) is 3. The summed E-state index contributed by atoms with van der Waals surface area (Å²) in [5.41, 5.74) is 9.66. The number of rotatable bonds is 10. The summed E-state index contributed by atoms with van der Waals surface area (Å²) in [6.45, 7) is 0. The van der Waals surface area contributed by atoms with E-state index in [4.69, 9.17) is 15.0 Å². The molecule has 302 valence electrons. The molecule has 8 nitrogen and oxygen atoms in total. The Morgan fingerprint density at radius 1 is 0.508 bits per heavy atom. The van der Waals surface area contributed by atoms with Gasteiger partial charge in [0, 0.05) is 23.3 Å². The fourth-order valence-corrected chi connectivity index (χ4v) is 9.55. The molecule has 0 spiro atoms. The number of carbonyl (C=O) groups is 2. The minimum absolute atomic E-state index is 0.309. The van der Waals surface area contributed by atoms with Gasteiger partial charge in [0.25, 0.3) is 0 Å². The smallest absolute Gasteiger partial charge is 0.249 e. The van der Waals surface area contributed by atoms with E-state index >= 15 is 0 Å². The van der Waals surface area contributed by atoms with Gasteiger partial charge in [-0.3, -0.25) is 9.59 Å². The highest BCUT2D eigenvalue weighted by Crippen LogP contribution is 2.47. The number of aromatic amines is 1. The number of nitrogens with one attached hydrogen (secondary N) is 3. The fraction of sp³-hybridized carbons (Fsp3) is 0. The van der Waals surface area contributed by atoms with Crippen molar-refractivity contribution in [2.45, 2.75) is 0 Å². The maximum Gasteiger partial charge on any atom is 0.249 e. The molecule has 63 heavy (non-hydrogen) atoms. The number of hydrogen-bond acceptors (Lipinski definition) is 7. The summed E-state index contributed by atoms with van der Waals surface area (Å²) < 4.78 is 2.03. The van der Waals surface area contributed by atoms with Gasteiger partial charge < -0.3 is 15.6 Å². The van der Waals surface area contributed by atoms with Gasteiger partial charge in [-0.1, -0.05) is 146 Å². The van der Waals surface area contributed by atoms with Crippen LogP contribution in [0.1, 0.15) is 27.4 Å². The fourth-order valence-electron chi connectivity index (χ4n) is 7.51. The van der Waals surface area contributed by atoms with Crippen molar-refractivity contribution in [2.24, 2.45) is 4.99 Å². The van der Waals surface area contributed by atoms with Crippen molar-refractivity contribution in [1.82, 2.24) is 20.3 Å². The molecule has 0 saturated heterocycles. The van der Waals surface area contributed by atoms with Gasteiger partial charge in [-0.25, -0.2) is 15.0 Å². The molecule has 3 aromatic heterocycles. The van der Waals surface area contributed by atoms with Crippen molar-refractivity contribution in [3.63, 3.8) is 0 Å². The zero-order chi connectivity index (χ0) is 42.5. The van der Waals surface area contributed by atoms with Crippen LogP contribution in [-0.4, -0.2) is 32.6 Å². The third-order valence-electron chi connectivity index (χ3n) is 10.4. The number of H-pyrrole nitrogens is 1. The monoisotopic (exact) mass is 852 g/mol. The molecule has 0 fully saturated rings. The Morgan fingerprint density at radius 2 is 1.00 bits per heavy atom. The Morgan fingerprint density at radius 3 is 1.59 bits per heavy atom.